The number of hydrogen-bond donors (Lipinski definition) is 2. The maximum atomic E-state index is 6.23. The van der Waals surface area contributed by atoms with Crippen molar-refractivity contribution in [3.63, 3.8) is 0 Å². The first-order valence-electron chi connectivity index (χ1n) is 9.51. The van der Waals surface area contributed by atoms with Crippen LogP contribution in [0.5, 0.6) is 5.75 Å². The second-order valence-electron chi connectivity index (χ2n) is 6.77. The Labute approximate surface area is 182 Å². The molecule has 1 heterocycles. The van der Waals surface area contributed by atoms with Gasteiger partial charge in [-0.25, -0.2) is 0 Å². The Hall–Kier alpha value is -2.46. The number of fused-ring (bicyclic) bond motifs is 1. The van der Waals surface area contributed by atoms with E-state index in [-0.39, 0.29) is 12.4 Å². The topological polar surface area (TPSA) is 37.0 Å². The van der Waals surface area contributed by atoms with Crippen molar-refractivity contribution in [3.05, 3.63) is 101 Å². The van der Waals surface area contributed by atoms with E-state index in [1.807, 2.05) is 42.5 Å². The van der Waals surface area contributed by atoms with Crippen LogP contribution in [0.15, 0.2) is 79.0 Å². The predicted molar refractivity (Wildman–Crippen MR) is 123 cm³/mol. The molecule has 0 amide bonds. The summed E-state index contributed by atoms with van der Waals surface area (Å²) in [7, 11) is 0. The SMILES string of the molecule is Cl.Clc1ccccc1COc1ccccc1CNCCc1c[nH]c2ccccc12. The largest absolute Gasteiger partial charge is 0.489 e. The molecule has 1 aromatic heterocycles. The van der Waals surface area contributed by atoms with Crippen molar-refractivity contribution in [2.45, 2.75) is 19.6 Å². The smallest absolute Gasteiger partial charge is 0.124 e. The van der Waals surface area contributed by atoms with Gasteiger partial charge in [-0.15, -0.1) is 12.4 Å². The van der Waals surface area contributed by atoms with Crippen LogP contribution in [0, 0.1) is 0 Å². The fraction of sp³-hybridized carbons (Fsp3) is 0.167. The Morgan fingerprint density at radius 2 is 1.55 bits per heavy atom. The molecule has 150 valence electrons. The van der Waals surface area contributed by atoms with Gasteiger partial charge >= 0.3 is 0 Å². The lowest BCUT2D eigenvalue weighted by atomic mass is 10.1. The van der Waals surface area contributed by atoms with E-state index in [0.717, 1.165) is 41.4 Å². The van der Waals surface area contributed by atoms with Crippen LogP contribution in [0.1, 0.15) is 16.7 Å². The van der Waals surface area contributed by atoms with Crippen molar-refractivity contribution >= 4 is 34.9 Å². The summed E-state index contributed by atoms with van der Waals surface area (Å²) in [5, 5.41) is 5.57. The third kappa shape index (κ3) is 5.33. The number of aromatic amines is 1. The van der Waals surface area contributed by atoms with Crippen LogP contribution in [0.25, 0.3) is 10.9 Å². The summed E-state index contributed by atoms with van der Waals surface area (Å²) in [6.07, 6.45) is 3.08. The minimum Gasteiger partial charge on any atom is -0.489 e. The molecule has 4 rings (SSSR count). The molecule has 3 aromatic carbocycles. The number of aromatic nitrogens is 1. The van der Waals surface area contributed by atoms with Crippen molar-refractivity contribution in [3.8, 4) is 5.75 Å². The highest BCUT2D eigenvalue weighted by atomic mass is 35.5. The summed E-state index contributed by atoms with van der Waals surface area (Å²) >= 11 is 6.23. The normalized spacial score (nSPS) is 10.7. The minimum absolute atomic E-state index is 0. The Balaban J connectivity index is 0.00000240. The van der Waals surface area contributed by atoms with Crippen molar-refractivity contribution in [2.24, 2.45) is 0 Å². The number of para-hydroxylation sites is 2. The van der Waals surface area contributed by atoms with Crippen molar-refractivity contribution in [2.75, 3.05) is 6.54 Å². The number of nitrogens with one attached hydrogen (secondary N) is 2. The highest BCUT2D eigenvalue weighted by Crippen LogP contribution is 2.22. The Kier molecular flexibility index (Phi) is 7.59. The molecule has 0 saturated carbocycles. The number of rotatable bonds is 8. The fourth-order valence-electron chi connectivity index (χ4n) is 3.35. The van der Waals surface area contributed by atoms with Gasteiger partial charge in [-0.3, -0.25) is 0 Å². The van der Waals surface area contributed by atoms with E-state index in [1.54, 1.807) is 0 Å². The number of H-pyrrole nitrogens is 1. The first-order valence-corrected chi connectivity index (χ1v) is 9.89. The molecular formula is C24H24Cl2N2O. The minimum atomic E-state index is 0. The van der Waals surface area contributed by atoms with Gasteiger partial charge < -0.3 is 15.0 Å². The van der Waals surface area contributed by atoms with E-state index >= 15 is 0 Å². The third-order valence-electron chi connectivity index (χ3n) is 4.88. The summed E-state index contributed by atoms with van der Waals surface area (Å²) in [6, 6.07) is 24.3. The lowest BCUT2D eigenvalue weighted by molar-refractivity contribution is 0.302. The quantitative estimate of drug-likeness (QED) is 0.331. The molecule has 2 N–H and O–H groups in total. The molecule has 0 bridgehead atoms. The summed E-state index contributed by atoms with van der Waals surface area (Å²) in [5.74, 6) is 0.891. The Morgan fingerprint density at radius 3 is 2.41 bits per heavy atom. The van der Waals surface area contributed by atoms with Crippen LogP contribution in [0.3, 0.4) is 0 Å². The monoisotopic (exact) mass is 426 g/mol. The van der Waals surface area contributed by atoms with Crippen LogP contribution in [0.2, 0.25) is 5.02 Å². The zero-order chi connectivity index (χ0) is 19.2. The van der Waals surface area contributed by atoms with Crippen molar-refractivity contribution in [1.29, 1.82) is 0 Å². The van der Waals surface area contributed by atoms with Gasteiger partial charge in [0.2, 0.25) is 0 Å². The third-order valence-corrected chi connectivity index (χ3v) is 5.24. The van der Waals surface area contributed by atoms with E-state index in [4.69, 9.17) is 16.3 Å². The van der Waals surface area contributed by atoms with Crippen LogP contribution in [0.4, 0.5) is 0 Å². The Bertz CT molecular complexity index is 1060. The van der Waals surface area contributed by atoms with E-state index in [2.05, 4.69) is 46.8 Å². The number of hydrogen-bond acceptors (Lipinski definition) is 2. The molecule has 0 aliphatic rings. The van der Waals surface area contributed by atoms with Gasteiger partial charge in [0.05, 0.1) is 0 Å². The molecule has 0 unspecified atom stereocenters. The zero-order valence-electron chi connectivity index (χ0n) is 16.0. The molecule has 0 spiro atoms. The average Bonchev–Trinajstić information content (AvgIpc) is 3.14. The second kappa shape index (κ2) is 10.4. The highest BCUT2D eigenvalue weighted by Gasteiger charge is 2.06. The average molecular weight is 427 g/mol. The molecule has 0 atom stereocenters. The molecule has 3 nitrogen and oxygen atoms in total. The van der Waals surface area contributed by atoms with Crippen LogP contribution in [-0.2, 0) is 19.6 Å². The summed E-state index contributed by atoms with van der Waals surface area (Å²) in [4.78, 5) is 3.33. The molecule has 0 radical (unpaired) electrons. The zero-order valence-corrected chi connectivity index (χ0v) is 17.6. The molecular weight excluding hydrogens is 403 g/mol. The summed E-state index contributed by atoms with van der Waals surface area (Å²) in [6.45, 7) is 2.13. The van der Waals surface area contributed by atoms with Gasteiger partial charge in [0.1, 0.15) is 12.4 Å². The van der Waals surface area contributed by atoms with Gasteiger partial charge in [0, 0.05) is 39.8 Å². The van der Waals surface area contributed by atoms with E-state index in [0.29, 0.717) is 6.61 Å². The highest BCUT2D eigenvalue weighted by molar-refractivity contribution is 6.31. The molecule has 0 fully saturated rings. The van der Waals surface area contributed by atoms with E-state index < -0.39 is 0 Å². The lowest BCUT2D eigenvalue weighted by Crippen LogP contribution is -2.17. The van der Waals surface area contributed by atoms with Crippen LogP contribution < -0.4 is 10.1 Å². The number of benzene rings is 3. The van der Waals surface area contributed by atoms with Crippen molar-refractivity contribution in [1.82, 2.24) is 10.3 Å². The standard InChI is InChI=1S/C24H23ClN2O.ClH/c25-22-10-4-1-8-20(22)17-28-24-12-6-2-7-19(24)15-26-14-13-18-16-27-23-11-5-3-9-21(18)23;/h1-12,16,26-27H,13-15,17H2;1H. The van der Waals surface area contributed by atoms with Gasteiger partial charge in [-0.05, 0) is 36.7 Å². The number of ether oxygens (including phenoxy) is 1. The first kappa shape index (κ1) is 21.3. The molecule has 0 saturated heterocycles. The summed E-state index contributed by atoms with van der Waals surface area (Å²) < 4.78 is 6.04. The molecule has 0 aliphatic heterocycles. The van der Waals surface area contributed by atoms with Crippen LogP contribution in [-0.4, -0.2) is 11.5 Å². The van der Waals surface area contributed by atoms with Gasteiger partial charge in [0.15, 0.2) is 0 Å². The lowest BCUT2D eigenvalue weighted by Gasteiger charge is -2.13. The first-order chi connectivity index (χ1) is 13.8. The van der Waals surface area contributed by atoms with Gasteiger partial charge in [-0.1, -0.05) is 66.2 Å². The molecule has 5 heteroatoms. The Morgan fingerprint density at radius 1 is 0.828 bits per heavy atom. The fourth-order valence-corrected chi connectivity index (χ4v) is 3.54. The van der Waals surface area contributed by atoms with Crippen molar-refractivity contribution < 1.29 is 4.74 Å². The number of halogens is 2. The van der Waals surface area contributed by atoms with E-state index in [9.17, 15) is 0 Å². The van der Waals surface area contributed by atoms with E-state index in [1.165, 1.54) is 16.5 Å². The van der Waals surface area contributed by atoms with Gasteiger partial charge in [-0.2, -0.15) is 0 Å². The molecule has 0 aliphatic carbocycles. The predicted octanol–water partition coefficient (Wildman–Crippen LogP) is 6.15. The van der Waals surface area contributed by atoms with Crippen LogP contribution >= 0.6 is 24.0 Å². The molecule has 29 heavy (non-hydrogen) atoms. The summed E-state index contributed by atoms with van der Waals surface area (Å²) in [5.41, 5.74) is 4.67. The maximum Gasteiger partial charge on any atom is 0.124 e. The molecule has 4 aromatic rings. The second-order valence-corrected chi connectivity index (χ2v) is 7.18. The van der Waals surface area contributed by atoms with Gasteiger partial charge in [0.25, 0.3) is 0 Å². The maximum absolute atomic E-state index is 6.23.